The molecule has 2 aromatic rings. The fourth-order valence-corrected chi connectivity index (χ4v) is 5.54. The molecule has 4 rings (SSSR count). The molecule has 8 nitrogen and oxygen atoms in total. The molecule has 1 atom stereocenters. The van der Waals surface area contributed by atoms with Crippen molar-refractivity contribution in [3.05, 3.63) is 28.7 Å². The van der Waals surface area contributed by atoms with Crippen molar-refractivity contribution in [3.8, 4) is 0 Å². The molecule has 146 valence electrons. The van der Waals surface area contributed by atoms with Crippen LogP contribution in [-0.2, 0) is 14.8 Å². The van der Waals surface area contributed by atoms with E-state index in [2.05, 4.69) is 10.3 Å². The van der Waals surface area contributed by atoms with Crippen LogP contribution in [0.5, 0.6) is 0 Å². The summed E-state index contributed by atoms with van der Waals surface area (Å²) in [4.78, 5) is 26.4. The van der Waals surface area contributed by atoms with Crippen molar-refractivity contribution in [2.75, 3.05) is 13.1 Å². The number of oxazole rings is 1. The maximum absolute atomic E-state index is 13.0. The Kier molecular flexibility index (Phi) is 4.81. The first-order valence-corrected chi connectivity index (χ1v) is 10.8. The highest BCUT2D eigenvalue weighted by Gasteiger charge is 2.34. The van der Waals surface area contributed by atoms with Gasteiger partial charge in [-0.3, -0.25) is 9.78 Å². The van der Waals surface area contributed by atoms with Gasteiger partial charge in [0.2, 0.25) is 15.9 Å². The largest absolute Gasteiger partial charge is 0.417 e. The number of sulfonamides is 1. The number of carbonyl (C=O) groups excluding carboxylic acids is 1. The first-order chi connectivity index (χ1) is 12.9. The van der Waals surface area contributed by atoms with Crippen LogP contribution in [0.4, 0.5) is 0 Å². The maximum atomic E-state index is 13.0. The zero-order valence-electron chi connectivity index (χ0n) is 14.9. The van der Waals surface area contributed by atoms with E-state index in [9.17, 15) is 18.0 Å². The Morgan fingerprint density at radius 1 is 1.19 bits per heavy atom. The van der Waals surface area contributed by atoms with Gasteiger partial charge in [0.1, 0.15) is 0 Å². The number of aromatic amines is 1. The van der Waals surface area contributed by atoms with Gasteiger partial charge in [-0.1, -0.05) is 12.8 Å². The van der Waals surface area contributed by atoms with Crippen LogP contribution < -0.4 is 11.1 Å². The van der Waals surface area contributed by atoms with Crippen LogP contribution in [-0.4, -0.2) is 42.7 Å². The average Bonchev–Trinajstić information content (AvgIpc) is 3.29. The molecule has 1 saturated carbocycles. The number of carbonyl (C=O) groups is 1. The molecule has 2 aliphatic rings. The van der Waals surface area contributed by atoms with Crippen molar-refractivity contribution in [3.63, 3.8) is 0 Å². The molecule has 2 heterocycles. The third kappa shape index (κ3) is 3.66. The van der Waals surface area contributed by atoms with E-state index >= 15 is 0 Å². The van der Waals surface area contributed by atoms with Gasteiger partial charge in [-0.25, -0.2) is 13.2 Å². The summed E-state index contributed by atoms with van der Waals surface area (Å²) in [6, 6.07) is 4.54. The van der Waals surface area contributed by atoms with E-state index in [1.54, 1.807) is 0 Å². The summed E-state index contributed by atoms with van der Waals surface area (Å²) in [5, 5.41) is 3.07. The molecule has 1 aromatic heterocycles. The third-order valence-electron chi connectivity index (χ3n) is 5.49. The summed E-state index contributed by atoms with van der Waals surface area (Å²) in [5.74, 6) is -1.00. The standard InChI is InChI=1S/C18H23N3O5S/c22-17(19-13-5-1-2-6-13)12-4-3-9-21(11-12)27(24,25)14-7-8-15-16(10-14)26-18(23)20-15/h7-8,10,12-13H,1-6,9,11H2,(H,19,22)(H,20,23)/t12-/m0/s1. The number of hydrogen-bond acceptors (Lipinski definition) is 5. The van der Waals surface area contributed by atoms with Gasteiger partial charge >= 0.3 is 5.76 Å². The average molecular weight is 393 g/mol. The number of benzene rings is 1. The molecule has 2 fully saturated rings. The Morgan fingerprint density at radius 3 is 2.74 bits per heavy atom. The van der Waals surface area contributed by atoms with Crippen molar-refractivity contribution in [2.24, 2.45) is 5.92 Å². The van der Waals surface area contributed by atoms with E-state index in [0.29, 0.717) is 24.9 Å². The number of nitrogens with zero attached hydrogens (tertiary/aromatic N) is 1. The van der Waals surface area contributed by atoms with Crippen molar-refractivity contribution in [1.29, 1.82) is 0 Å². The monoisotopic (exact) mass is 393 g/mol. The predicted octanol–water partition coefficient (Wildman–Crippen LogP) is 1.58. The van der Waals surface area contributed by atoms with Crippen LogP contribution in [0.2, 0.25) is 0 Å². The minimum atomic E-state index is -3.76. The first-order valence-electron chi connectivity index (χ1n) is 9.37. The minimum absolute atomic E-state index is 0.0473. The van der Waals surface area contributed by atoms with Crippen molar-refractivity contribution >= 4 is 27.0 Å². The molecule has 1 aliphatic heterocycles. The molecule has 0 unspecified atom stereocenters. The lowest BCUT2D eigenvalue weighted by atomic mass is 9.98. The molecule has 0 bridgehead atoms. The second kappa shape index (κ2) is 7.12. The van der Waals surface area contributed by atoms with Gasteiger partial charge < -0.3 is 9.73 Å². The second-order valence-electron chi connectivity index (χ2n) is 7.36. The van der Waals surface area contributed by atoms with Crippen LogP contribution in [0.25, 0.3) is 11.1 Å². The molecule has 2 N–H and O–H groups in total. The van der Waals surface area contributed by atoms with Gasteiger partial charge in [-0.2, -0.15) is 4.31 Å². The molecule has 1 amide bonds. The number of amides is 1. The number of fused-ring (bicyclic) bond motifs is 1. The van der Waals surface area contributed by atoms with E-state index in [1.807, 2.05) is 0 Å². The van der Waals surface area contributed by atoms with Gasteiger partial charge in [-0.05, 0) is 37.8 Å². The third-order valence-corrected chi connectivity index (χ3v) is 7.35. The fraction of sp³-hybridized carbons (Fsp3) is 0.556. The normalized spacial score (nSPS) is 22.3. The molecule has 1 saturated heterocycles. The number of hydrogen-bond donors (Lipinski definition) is 2. The molecule has 1 aromatic carbocycles. The molecule has 1 aliphatic carbocycles. The Morgan fingerprint density at radius 2 is 1.96 bits per heavy atom. The van der Waals surface area contributed by atoms with Crippen molar-refractivity contribution in [1.82, 2.24) is 14.6 Å². The van der Waals surface area contributed by atoms with Crippen LogP contribution >= 0.6 is 0 Å². The molecule has 0 spiro atoms. The van der Waals surface area contributed by atoms with Crippen LogP contribution in [0.15, 0.2) is 32.3 Å². The summed E-state index contributed by atoms with van der Waals surface area (Å²) < 4.78 is 32.4. The smallest absolute Gasteiger partial charge is 0.408 e. The van der Waals surface area contributed by atoms with Gasteiger partial charge in [0.25, 0.3) is 0 Å². The highest BCUT2D eigenvalue weighted by atomic mass is 32.2. The molecule has 0 radical (unpaired) electrons. The van der Waals surface area contributed by atoms with E-state index in [4.69, 9.17) is 4.42 Å². The summed E-state index contributed by atoms with van der Waals surface area (Å²) in [5.41, 5.74) is 0.653. The number of aromatic nitrogens is 1. The quantitative estimate of drug-likeness (QED) is 0.819. The first kappa shape index (κ1) is 18.2. The van der Waals surface area contributed by atoms with E-state index in [-0.39, 0.29) is 34.9 Å². The number of H-pyrrole nitrogens is 1. The highest BCUT2D eigenvalue weighted by Crippen LogP contribution is 2.26. The summed E-state index contributed by atoms with van der Waals surface area (Å²) >= 11 is 0. The Hall–Kier alpha value is -2.13. The van der Waals surface area contributed by atoms with E-state index < -0.39 is 15.8 Å². The highest BCUT2D eigenvalue weighted by molar-refractivity contribution is 7.89. The Labute approximate surface area is 157 Å². The summed E-state index contributed by atoms with van der Waals surface area (Å²) in [6.07, 6.45) is 5.60. The van der Waals surface area contributed by atoms with E-state index in [0.717, 1.165) is 25.7 Å². The number of rotatable bonds is 4. The predicted molar refractivity (Wildman–Crippen MR) is 98.7 cm³/mol. The van der Waals surface area contributed by atoms with Crippen molar-refractivity contribution < 1.29 is 17.6 Å². The molecular weight excluding hydrogens is 370 g/mol. The number of nitrogens with one attached hydrogen (secondary N) is 2. The molecule has 27 heavy (non-hydrogen) atoms. The topological polar surface area (TPSA) is 112 Å². The van der Waals surface area contributed by atoms with E-state index in [1.165, 1.54) is 22.5 Å². The van der Waals surface area contributed by atoms with Gasteiger partial charge in [0.05, 0.1) is 16.3 Å². The minimum Gasteiger partial charge on any atom is -0.408 e. The Balaban J connectivity index is 1.51. The van der Waals surface area contributed by atoms with Crippen molar-refractivity contribution in [2.45, 2.75) is 49.5 Å². The molecule has 9 heteroatoms. The second-order valence-corrected chi connectivity index (χ2v) is 9.30. The lowest BCUT2D eigenvalue weighted by Gasteiger charge is -2.31. The van der Waals surface area contributed by atoms with Gasteiger partial charge in [0.15, 0.2) is 5.58 Å². The Bertz CT molecular complexity index is 1000. The SMILES string of the molecule is O=C(NC1CCCC1)[C@H]1CCCN(S(=O)(=O)c2ccc3[nH]c(=O)oc3c2)C1. The van der Waals surface area contributed by atoms with Crippen LogP contribution in [0.3, 0.4) is 0 Å². The zero-order valence-corrected chi connectivity index (χ0v) is 15.8. The van der Waals surface area contributed by atoms with Crippen LogP contribution in [0.1, 0.15) is 38.5 Å². The summed E-state index contributed by atoms with van der Waals surface area (Å²) in [7, 11) is -3.76. The fourth-order valence-electron chi connectivity index (χ4n) is 4.00. The summed E-state index contributed by atoms with van der Waals surface area (Å²) in [6.45, 7) is 0.556. The zero-order chi connectivity index (χ0) is 19.0. The lowest BCUT2D eigenvalue weighted by molar-refractivity contribution is -0.126. The van der Waals surface area contributed by atoms with Gasteiger partial charge in [0, 0.05) is 25.2 Å². The lowest BCUT2D eigenvalue weighted by Crippen LogP contribution is -2.47. The number of piperidine rings is 1. The van der Waals surface area contributed by atoms with Crippen LogP contribution in [0, 0.1) is 5.92 Å². The van der Waals surface area contributed by atoms with Gasteiger partial charge in [-0.15, -0.1) is 0 Å². The molecular formula is C18H23N3O5S. The maximum Gasteiger partial charge on any atom is 0.417 e.